The highest BCUT2D eigenvalue weighted by Crippen LogP contribution is 2.37. The molecule has 0 aliphatic carbocycles. The van der Waals surface area contributed by atoms with E-state index in [1.54, 1.807) is 13.2 Å². The quantitative estimate of drug-likeness (QED) is 0.630. The van der Waals surface area contributed by atoms with Gasteiger partial charge >= 0.3 is 5.97 Å². The van der Waals surface area contributed by atoms with Gasteiger partial charge in [0, 0.05) is 16.5 Å². The molecule has 0 radical (unpaired) electrons. The minimum absolute atomic E-state index is 0.329. The first-order valence-electron chi connectivity index (χ1n) is 8.22. The monoisotopic (exact) mass is 403 g/mol. The molecule has 0 aliphatic rings. The van der Waals surface area contributed by atoms with Crippen LogP contribution in [0.2, 0.25) is 5.02 Å². The molecule has 140 valence electrons. The zero-order valence-corrected chi connectivity index (χ0v) is 16.4. The highest BCUT2D eigenvalue weighted by molar-refractivity contribution is 7.21. The molecule has 2 aromatic carbocycles. The SMILES string of the molecule is COC(=O)C(Cc1ccccc1)NC(=O)c1sc2cc(OC)ccc2c1Cl. The second-order valence-corrected chi connectivity index (χ2v) is 7.28. The first kappa shape index (κ1) is 19.2. The lowest BCUT2D eigenvalue weighted by Gasteiger charge is -2.16. The molecule has 1 heterocycles. The van der Waals surface area contributed by atoms with Gasteiger partial charge in [0.25, 0.3) is 5.91 Å². The number of rotatable bonds is 6. The van der Waals surface area contributed by atoms with Gasteiger partial charge in [-0.25, -0.2) is 4.79 Å². The minimum Gasteiger partial charge on any atom is -0.497 e. The third-order valence-electron chi connectivity index (χ3n) is 4.12. The van der Waals surface area contributed by atoms with E-state index in [9.17, 15) is 9.59 Å². The predicted octanol–water partition coefficient (Wildman–Crippen LogP) is 4.08. The van der Waals surface area contributed by atoms with Crippen molar-refractivity contribution in [2.45, 2.75) is 12.5 Å². The molecule has 27 heavy (non-hydrogen) atoms. The summed E-state index contributed by atoms with van der Waals surface area (Å²) in [5.74, 6) is -0.235. The summed E-state index contributed by atoms with van der Waals surface area (Å²) >= 11 is 7.65. The van der Waals surface area contributed by atoms with Crippen molar-refractivity contribution in [1.82, 2.24) is 5.32 Å². The highest BCUT2D eigenvalue weighted by atomic mass is 35.5. The Labute approximate surface area is 165 Å². The number of hydrogen-bond donors (Lipinski definition) is 1. The van der Waals surface area contributed by atoms with Crippen LogP contribution in [0.5, 0.6) is 5.75 Å². The summed E-state index contributed by atoms with van der Waals surface area (Å²) in [4.78, 5) is 25.3. The van der Waals surface area contributed by atoms with Crippen molar-refractivity contribution in [3.63, 3.8) is 0 Å². The number of carbonyl (C=O) groups excluding carboxylic acids is 2. The number of amides is 1. The van der Waals surface area contributed by atoms with Crippen molar-refractivity contribution in [2.75, 3.05) is 14.2 Å². The molecule has 1 unspecified atom stereocenters. The lowest BCUT2D eigenvalue weighted by molar-refractivity contribution is -0.142. The lowest BCUT2D eigenvalue weighted by atomic mass is 10.1. The molecule has 5 nitrogen and oxygen atoms in total. The molecule has 1 N–H and O–H groups in total. The first-order valence-corrected chi connectivity index (χ1v) is 9.41. The largest absolute Gasteiger partial charge is 0.497 e. The lowest BCUT2D eigenvalue weighted by Crippen LogP contribution is -2.42. The maximum Gasteiger partial charge on any atom is 0.328 e. The van der Waals surface area contributed by atoms with E-state index in [1.165, 1.54) is 18.4 Å². The molecule has 1 amide bonds. The maximum absolute atomic E-state index is 12.8. The topological polar surface area (TPSA) is 64.6 Å². The second kappa shape index (κ2) is 8.41. The van der Waals surface area contributed by atoms with Crippen LogP contribution < -0.4 is 10.1 Å². The smallest absolute Gasteiger partial charge is 0.328 e. The Morgan fingerprint density at radius 3 is 2.56 bits per heavy atom. The first-order chi connectivity index (χ1) is 13.0. The van der Waals surface area contributed by atoms with Crippen molar-refractivity contribution < 1.29 is 19.1 Å². The van der Waals surface area contributed by atoms with Crippen molar-refractivity contribution in [3.8, 4) is 5.75 Å². The van der Waals surface area contributed by atoms with Crippen molar-refractivity contribution in [3.05, 3.63) is 64.0 Å². The molecule has 0 aliphatic heterocycles. The predicted molar refractivity (Wildman–Crippen MR) is 107 cm³/mol. The fourth-order valence-corrected chi connectivity index (χ4v) is 4.18. The number of carbonyl (C=O) groups is 2. The molecule has 1 atom stereocenters. The van der Waals surface area contributed by atoms with Crippen molar-refractivity contribution in [2.24, 2.45) is 0 Å². The number of fused-ring (bicyclic) bond motifs is 1. The zero-order chi connectivity index (χ0) is 19.4. The van der Waals surface area contributed by atoms with Crippen LogP contribution in [-0.4, -0.2) is 32.1 Å². The fraction of sp³-hybridized carbons (Fsp3) is 0.200. The Bertz CT molecular complexity index is 971. The van der Waals surface area contributed by atoms with Gasteiger partial charge in [-0.1, -0.05) is 41.9 Å². The van der Waals surface area contributed by atoms with Crippen LogP contribution in [0, 0.1) is 0 Å². The van der Waals surface area contributed by atoms with Crippen LogP contribution in [0.1, 0.15) is 15.2 Å². The molecule has 0 bridgehead atoms. The van der Waals surface area contributed by atoms with E-state index in [2.05, 4.69) is 5.32 Å². The van der Waals surface area contributed by atoms with Gasteiger partial charge in [0.15, 0.2) is 0 Å². The Morgan fingerprint density at radius 2 is 1.89 bits per heavy atom. The van der Waals surface area contributed by atoms with E-state index in [-0.39, 0.29) is 0 Å². The van der Waals surface area contributed by atoms with Gasteiger partial charge in [0.1, 0.15) is 16.7 Å². The average molecular weight is 404 g/mol. The minimum atomic E-state index is -0.805. The average Bonchev–Trinajstić information content (AvgIpc) is 3.03. The molecule has 7 heteroatoms. The summed E-state index contributed by atoms with van der Waals surface area (Å²) in [6.07, 6.45) is 0.329. The van der Waals surface area contributed by atoms with E-state index in [0.29, 0.717) is 22.1 Å². The molecule has 0 saturated heterocycles. The van der Waals surface area contributed by atoms with E-state index in [0.717, 1.165) is 15.6 Å². The fourth-order valence-electron chi connectivity index (χ4n) is 2.73. The van der Waals surface area contributed by atoms with Crippen molar-refractivity contribution in [1.29, 1.82) is 0 Å². The standard InChI is InChI=1S/C20H18ClNO4S/c1-25-13-8-9-14-16(11-13)27-18(17(14)21)19(23)22-15(20(24)26-2)10-12-6-4-3-5-7-12/h3-9,11,15H,10H2,1-2H3,(H,22,23). The number of methoxy groups -OCH3 is 2. The Hall–Kier alpha value is -2.57. The molecule has 3 rings (SSSR count). The van der Waals surface area contributed by atoms with Crippen LogP contribution in [0.3, 0.4) is 0 Å². The normalized spacial score (nSPS) is 11.8. The van der Waals surface area contributed by atoms with E-state index in [1.807, 2.05) is 42.5 Å². The van der Waals surface area contributed by atoms with Gasteiger partial charge in [-0.05, 0) is 23.8 Å². The third-order valence-corrected chi connectivity index (χ3v) is 5.77. The molecule has 0 fully saturated rings. The highest BCUT2D eigenvalue weighted by Gasteiger charge is 2.25. The second-order valence-electron chi connectivity index (χ2n) is 5.85. The number of hydrogen-bond acceptors (Lipinski definition) is 5. The summed E-state index contributed by atoms with van der Waals surface area (Å²) in [7, 11) is 2.87. The maximum atomic E-state index is 12.8. The summed E-state index contributed by atoms with van der Waals surface area (Å²) in [6, 6.07) is 14.0. The van der Waals surface area contributed by atoms with Gasteiger partial charge in [-0.15, -0.1) is 11.3 Å². The van der Waals surface area contributed by atoms with Crippen molar-refractivity contribution >= 4 is 44.9 Å². The number of benzene rings is 2. The van der Waals surface area contributed by atoms with Crippen LogP contribution in [0.25, 0.3) is 10.1 Å². The Morgan fingerprint density at radius 1 is 1.15 bits per heavy atom. The summed E-state index contributed by atoms with van der Waals surface area (Å²) < 4.78 is 10.9. The molecule has 0 spiro atoms. The number of thiophene rings is 1. The summed E-state index contributed by atoms with van der Waals surface area (Å²) in [5.41, 5.74) is 0.917. The molecular weight excluding hydrogens is 386 g/mol. The number of nitrogens with one attached hydrogen (secondary N) is 1. The van der Waals surface area contributed by atoms with E-state index >= 15 is 0 Å². The summed E-state index contributed by atoms with van der Waals surface area (Å²) in [5, 5.41) is 3.87. The van der Waals surface area contributed by atoms with Gasteiger partial charge in [0.05, 0.1) is 19.2 Å². The van der Waals surface area contributed by atoms with Gasteiger partial charge in [0.2, 0.25) is 0 Å². The van der Waals surface area contributed by atoms with Gasteiger partial charge in [-0.2, -0.15) is 0 Å². The molecule has 3 aromatic rings. The number of esters is 1. The van der Waals surface area contributed by atoms with Crippen LogP contribution >= 0.6 is 22.9 Å². The Balaban J connectivity index is 1.86. The Kier molecular flexibility index (Phi) is 5.98. The zero-order valence-electron chi connectivity index (χ0n) is 14.8. The number of halogens is 1. The van der Waals surface area contributed by atoms with Crippen LogP contribution in [0.4, 0.5) is 0 Å². The molecular formula is C20H18ClNO4S. The third kappa shape index (κ3) is 4.23. The van der Waals surface area contributed by atoms with Crippen LogP contribution in [0.15, 0.2) is 48.5 Å². The molecule has 0 saturated carbocycles. The molecule has 1 aromatic heterocycles. The van der Waals surface area contributed by atoms with Gasteiger partial charge < -0.3 is 14.8 Å². The van der Waals surface area contributed by atoms with E-state index in [4.69, 9.17) is 21.1 Å². The number of ether oxygens (including phenoxy) is 2. The van der Waals surface area contributed by atoms with Gasteiger partial charge in [-0.3, -0.25) is 4.79 Å². The van der Waals surface area contributed by atoms with E-state index < -0.39 is 17.9 Å². The van der Waals surface area contributed by atoms with Crippen LogP contribution in [-0.2, 0) is 16.0 Å². The summed E-state index contributed by atoms with van der Waals surface area (Å²) in [6.45, 7) is 0.